The number of hydrogen-bond acceptors (Lipinski definition) is 6. The second kappa shape index (κ2) is 9.63. The Labute approximate surface area is 198 Å². The Bertz CT molecular complexity index is 1160. The molecule has 2 heterocycles. The van der Waals surface area contributed by atoms with Crippen molar-refractivity contribution in [2.24, 2.45) is 5.92 Å². The topological polar surface area (TPSA) is 89.5 Å². The Balaban J connectivity index is 0.00000432. The number of alkyl halides is 6. The number of hydrogen-bond donors (Lipinski definition) is 0. The van der Waals surface area contributed by atoms with Crippen LogP contribution < -0.4 is 9.64 Å². The van der Waals surface area contributed by atoms with Gasteiger partial charge in [0.05, 0.1) is 27.7 Å². The van der Waals surface area contributed by atoms with Gasteiger partial charge >= 0.3 is 12.5 Å². The third-order valence-corrected chi connectivity index (χ3v) is 8.24. The Hall–Kier alpha value is -2.90. The van der Waals surface area contributed by atoms with E-state index in [0.717, 1.165) is 41.6 Å². The van der Waals surface area contributed by atoms with Gasteiger partial charge in [0.2, 0.25) is 11.7 Å². The molecule has 3 rings (SSSR count). The number of anilines is 1. The fourth-order valence-corrected chi connectivity index (χ4v) is 5.44. The van der Waals surface area contributed by atoms with Crippen molar-refractivity contribution in [2.45, 2.75) is 56.3 Å². The molecule has 1 aromatic heterocycles. The van der Waals surface area contributed by atoms with Gasteiger partial charge in [0, 0.05) is 13.0 Å². The molecular formula is C21H23F6N3O4S. The van der Waals surface area contributed by atoms with Crippen molar-refractivity contribution in [1.82, 2.24) is 9.97 Å². The molecular weight excluding hydrogens is 504 g/mol. The minimum absolute atomic E-state index is 0. The zero-order chi connectivity index (χ0) is 25.5. The van der Waals surface area contributed by atoms with E-state index in [1.807, 2.05) is 0 Å². The molecule has 0 bridgehead atoms. The first kappa shape index (κ1) is 28.3. The standard InChI is InChI=1S/C20H19F6N3O4S.CH4/c1-18(2,34(31,32)15-5-3-4-14(9-15)33-20(24,25)26)12-6-7-29(16(30)8-12)13-10-27-17(28-11-13)19(21,22)23;/h3-5,9-12H,6-8H2,1-2H3;1H4/t12-;/m0./s1. The summed E-state index contributed by atoms with van der Waals surface area (Å²) in [5, 5.41) is 0. The lowest BCUT2D eigenvalue weighted by atomic mass is 9.85. The van der Waals surface area contributed by atoms with Gasteiger partial charge in [-0.05, 0) is 44.4 Å². The highest BCUT2D eigenvalue weighted by molar-refractivity contribution is 7.92. The van der Waals surface area contributed by atoms with E-state index in [1.54, 1.807) is 0 Å². The summed E-state index contributed by atoms with van der Waals surface area (Å²) < 4.78 is 104. The zero-order valence-corrected chi connectivity index (χ0v) is 18.6. The zero-order valence-electron chi connectivity index (χ0n) is 17.8. The van der Waals surface area contributed by atoms with Crippen molar-refractivity contribution >= 4 is 21.4 Å². The van der Waals surface area contributed by atoms with Crippen LogP contribution in [0.3, 0.4) is 0 Å². The second-order valence-corrected chi connectivity index (χ2v) is 10.7. The average molecular weight is 527 g/mol. The minimum Gasteiger partial charge on any atom is -0.406 e. The molecule has 0 radical (unpaired) electrons. The van der Waals surface area contributed by atoms with E-state index in [1.165, 1.54) is 13.8 Å². The van der Waals surface area contributed by atoms with Crippen molar-refractivity contribution in [3.8, 4) is 5.75 Å². The SMILES string of the molecule is C.CC(C)([C@H]1CCN(c2cnc(C(F)(F)F)nc2)C(=O)C1)S(=O)(=O)c1cccc(OC(F)(F)F)c1. The normalized spacial score (nSPS) is 17.7. The van der Waals surface area contributed by atoms with Gasteiger partial charge in [0.1, 0.15) is 5.75 Å². The van der Waals surface area contributed by atoms with Crippen LogP contribution in [0.2, 0.25) is 0 Å². The quantitative estimate of drug-likeness (QED) is 0.507. The third kappa shape index (κ3) is 6.03. The highest BCUT2D eigenvalue weighted by Gasteiger charge is 2.46. The molecule has 0 saturated carbocycles. The summed E-state index contributed by atoms with van der Waals surface area (Å²) >= 11 is 0. The molecule has 0 aliphatic carbocycles. The Kier molecular flexibility index (Phi) is 7.79. The summed E-state index contributed by atoms with van der Waals surface area (Å²) in [6.45, 7) is 2.73. The first-order valence-electron chi connectivity index (χ1n) is 9.82. The number of halogens is 6. The predicted molar refractivity (Wildman–Crippen MR) is 113 cm³/mol. The highest BCUT2D eigenvalue weighted by atomic mass is 32.2. The minimum atomic E-state index is -5.00. The summed E-state index contributed by atoms with van der Waals surface area (Å²) in [5.41, 5.74) is 0.0362. The molecule has 1 aromatic carbocycles. The third-order valence-electron chi connectivity index (χ3n) is 5.65. The van der Waals surface area contributed by atoms with Crippen LogP contribution in [0.1, 0.15) is 39.9 Å². The Morgan fingerprint density at radius 1 is 1.06 bits per heavy atom. The summed E-state index contributed by atoms with van der Waals surface area (Å²) in [5.74, 6) is -3.32. The van der Waals surface area contributed by atoms with Gasteiger partial charge < -0.3 is 9.64 Å². The largest absolute Gasteiger partial charge is 0.573 e. The van der Waals surface area contributed by atoms with Crippen LogP contribution in [0.25, 0.3) is 0 Å². The maximum absolute atomic E-state index is 13.3. The first-order valence-corrected chi connectivity index (χ1v) is 11.3. The van der Waals surface area contributed by atoms with E-state index >= 15 is 0 Å². The molecule has 1 aliphatic rings. The van der Waals surface area contributed by atoms with Gasteiger partial charge in [0.15, 0.2) is 9.84 Å². The van der Waals surface area contributed by atoms with Crippen molar-refractivity contribution < 1.29 is 44.3 Å². The van der Waals surface area contributed by atoms with E-state index in [-0.39, 0.29) is 32.5 Å². The monoisotopic (exact) mass is 527 g/mol. The lowest BCUT2D eigenvalue weighted by molar-refractivity contribution is -0.274. The van der Waals surface area contributed by atoms with E-state index in [2.05, 4.69) is 14.7 Å². The number of sulfone groups is 1. The molecule has 1 aliphatic heterocycles. The fraction of sp³-hybridized carbons (Fsp3) is 0.476. The van der Waals surface area contributed by atoms with E-state index < -0.39 is 55.4 Å². The molecule has 35 heavy (non-hydrogen) atoms. The summed E-state index contributed by atoms with van der Waals surface area (Å²) in [6, 6.07) is 3.98. The van der Waals surface area contributed by atoms with Crippen LogP contribution in [-0.2, 0) is 20.8 Å². The van der Waals surface area contributed by atoms with Gasteiger partial charge in [-0.15, -0.1) is 13.2 Å². The van der Waals surface area contributed by atoms with Crippen molar-refractivity contribution in [2.75, 3.05) is 11.4 Å². The number of aromatic nitrogens is 2. The smallest absolute Gasteiger partial charge is 0.406 e. The number of ether oxygens (including phenoxy) is 1. The lowest BCUT2D eigenvalue weighted by Crippen LogP contribution is -2.48. The number of piperidine rings is 1. The molecule has 14 heteroatoms. The van der Waals surface area contributed by atoms with Crippen molar-refractivity contribution in [1.29, 1.82) is 0 Å². The van der Waals surface area contributed by atoms with Gasteiger partial charge in [-0.25, -0.2) is 18.4 Å². The van der Waals surface area contributed by atoms with E-state index in [9.17, 15) is 39.6 Å². The van der Waals surface area contributed by atoms with Crippen LogP contribution in [0.15, 0.2) is 41.6 Å². The van der Waals surface area contributed by atoms with Gasteiger partial charge in [-0.2, -0.15) is 13.2 Å². The molecule has 1 amide bonds. The van der Waals surface area contributed by atoms with Gasteiger partial charge in [0.25, 0.3) is 0 Å². The molecule has 0 unspecified atom stereocenters. The van der Waals surface area contributed by atoms with Crippen molar-refractivity contribution in [3.63, 3.8) is 0 Å². The Morgan fingerprint density at radius 3 is 2.17 bits per heavy atom. The van der Waals surface area contributed by atoms with Crippen LogP contribution >= 0.6 is 0 Å². The van der Waals surface area contributed by atoms with E-state index in [4.69, 9.17) is 0 Å². The summed E-state index contributed by atoms with van der Waals surface area (Å²) in [7, 11) is -4.21. The molecule has 2 aromatic rings. The molecule has 1 fully saturated rings. The summed E-state index contributed by atoms with van der Waals surface area (Å²) in [4.78, 5) is 19.9. The number of benzene rings is 1. The molecule has 7 nitrogen and oxygen atoms in total. The maximum Gasteiger partial charge on any atom is 0.573 e. The molecule has 0 N–H and O–H groups in total. The van der Waals surface area contributed by atoms with Crippen LogP contribution in [0.4, 0.5) is 32.0 Å². The number of nitrogens with zero attached hydrogens (tertiary/aromatic N) is 3. The second-order valence-electron chi connectivity index (χ2n) is 8.13. The molecule has 0 spiro atoms. The lowest BCUT2D eigenvalue weighted by Gasteiger charge is -2.39. The van der Waals surface area contributed by atoms with Crippen LogP contribution in [0.5, 0.6) is 5.75 Å². The predicted octanol–water partition coefficient (Wildman–Crippen LogP) is 5.03. The average Bonchev–Trinajstić information content (AvgIpc) is 2.72. The molecule has 194 valence electrons. The fourth-order valence-electron chi connectivity index (χ4n) is 3.67. The Morgan fingerprint density at radius 2 is 1.66 bits per heavy atom. The highest BCUT2D eigenvalue weighted by Crippen LogP contribution is 2.40. The number of amides is 1. The van der Waals surface area contributed by atoms with Crippen LogP contribution in [0, 0.1) is 5.92 Å². The number of carbonyl (C=O) groups is 1. The first-order chi connectivity index (χ1) is 15.5. The van der Waals surface area contributed by atoms with Gasteiger partial charge in [-0.3, -0.25) is 4.79 Å². The molecule has 1 saturated heterocycles. The number of rotatable bonds is 5. The molecule has 1 atom stereocenters. The van der Waals surface area contributed by atoms with Gasteiger partial charge in [-0.1, -0.05) is 13.5 Å². The van der Waals surface area contributed by atoms with E-state index in [0.29, 0.717) is 0 Å². The summed E-state index contributed by atoms with van der Waals surface area (Å²) in [6.07, 6.45) is -8.11. The van der Waals surface area contributed by atoms with Crippen molar-refractivity contribution in [3.05, 3.63) is 42.5 Å². The number of carbonyl (C=O) groups excluding carboxylic acids is 1. The maximum atomic E-state index is 13.3. The van der Waals surface area contributed by atoms with Crippen LogP contribution in [-0.4, -0.2) is 41.9 Å².